The smallest absolute Gasteiger partial charge is 0.130 e. The first-order chi connectivity index (χ1) is 9.78. The van der Waals surface area contributed by atoms with Gasteiger partial charge in [0.2, 0.25) is 0 Å². The van der Waals surface area contributed by atoms with Gasteiger partial charge in [0.25, 0.3) is 0 Å². The summed E-state index contributed by atoms with van der Waals surface area (Å²) >= 11 is 0. The molecule has 0 saturated carbocycles. The van der Waals surface area contributed by atoms with E-state index in [1.807, 2.05) is 31.2 Å². The van der Waals surface area contributed by atoms with Gasteiger partial charge in [-0.15, -0.1) is 0 Å². The molecule has 20 heavy (non-hydrogen) atoms. The summed E-state index contributed by atoms with van der Waals surface area (Å²) in [6, 6.07) is 8.02. The van der Waals surface area contributed by atoms with Gasteiger partial charge in [0, 0.05) is 17.1 Å². The van der Waals surface area contributed by atoms with Crippen LogP contribution in [0.4, 0.5) is 0 Å². The number of ether oxygens (including phenoxy) is 2. The van der Waals surface area contributed by atoms with Crippen molar-refractivity contribution in [2.45, 2.75) is 39.5 Å². The molecule has 2 aromatic rings. The van der Waals surface area contributed by atoms with Gasteiger partial charge in [-0.25, -0.2) is 0 Å². The number of fused-ring (bicyclic) bond motifs is 1. The Bertz CT molecular complexity index is 566. The highest BCUT2D eigenvalue weighted by atomic mass is 16.5. The average Bonchev–Trinajstić information content (AvgIpc) is 2.47. The molecule has 0 N–H and O–H groups in total. The molecule has 0 bridgehead atoms. The molecule has 1 aromatic heterocycles. The van der Waals surface area contributed by atoms with Gasteiger partial charge < -0.3 is 9.47 Å². The predicted octanol–water partition coefficient (Wildman–Crippen LogP) is 4.37. The van der Waals surface area contributed by atoms with Crippen molar-refractivity contribution in [2.24, 2.45) is 0 Å². The molecule has 0 atom stereocenters. The maximum absolute atomic E-state index is 5.54. The normalized spacial score (nSPS) is 10.8. The SMILES string of the molecule is CCCCCc1cc(OC)c2cc(OCC)ccc2n1. The molecule has 108 valence electrons. The minimum Gasteiger partial charge on any atom is -0.496 e. The molecule has 1 aromatic carbocycles. The van der Waals surface area contributed by atoms with Gasteiger partial charge in [-0.1, -0.05) is 19.8 Å². The molecule has 1 heterocycles. The van der Waals surface area contributed by atoms with Crippen LogP contribution in [0.15, 0.2) is 24.3 Å². The quantitative estimate of drug-likeness (QED) is 0.702. The van der Waals surface area contributed by atoms with Gasteiger partial charge in [0.1, 0.15) is 11.5 Å². The van der Waals surface area contributed by atoms with Crippen LogP contribution in [0.3, 0.4) is 0 Å². The molecule has 3 nitrogen and oxygen atoms in total. The van der Waals surface area contributed by atoms with Gasteiger partial charge in [-0.05, 0) is 38.0 Å². The molecule has 0 radical (unpaired) electrons. The Kier molecular flexibility index (Phi) is 5.22. The molecule has 0 unspecified atom stereocenters. The van der Waals surface area contributed by atoms with Crippen LogP contribution in [-0.2, 0) is 6.42 Å². The van der Waals surface area contributed by atoms with Gasteiger partial charge in [-0.3, -0.25) is 4.98 Å². The van der Waals surface area contributed by atoms with Crippen molar-refractivity contribution >= 4 is 10.9 Å². The zero-order chi connectivity index (χ0) is 14.4. The highest BCUT2D eigenvalue weighted by Crippen LogP contribution is 2.29. The standard InChI is InChI=1S/C17H23NO2/c1-4-6-7-8-13-11-17(19-3)15-12-14(20-5-2)9-10-16(15)18-13/h9-12H,4-8H2,1-3H3. The zero-order valence-corrected chi connectivity index (χ0v) is 12.6. The number of nitrogens with zero attached hydrogens (tertiary/aromatic N) is 1. The number of unbranched alkanes of at least 4 members (excludes halogenated alkanes) is 2. The minimum absolute atomic E-state index is 0.663. The maximum atomic E-state index is 5.54. The number of hydrogen-bond donors (Lipinski definition) is 0. The summed E-state index contributed by atoms with van der Waals surface area (Å²) in [5.74, 6) is 1.74. The molecular weight excluding hydrogens is 250 g/mol. The molecular formula is C17H23NO2. The fourth-order valence-corrected chi connectivity index (χ4v) is 2.34. The van der Waals surface area contributed by atoms with E-state index in [1.165, 1.54) is 19.3 Å². The summed E-state index contributed by atoms with van der Waals surface area (Å²) < 4.78 is 11.1. The summed E-state index contributed by atoms with van der Waals surface area (Å²) in [5.41, 5.74) is 2.08. The van der Waals surface area contributed by atoms with Crippen LogP contribution < -0.4 is 9.47 Å². The monoisotopic (exact) mass is 273 g/mol. The number of aryl methyl sites for hydroxylation is 1. The largest absolute Gasteiger partial charge is 0.496 e. The van der Waals surface area contributed by atoms with Crippen molar-refractivity contribution in [1.29, 1.82) is 0 Å². The lowest BCUT2D eigenvalue weighted by Crippen LogP contribution is -1.96. The topological polar surface area (TPSA) is 31.4 Å². The second-order valence-corrected chi connectivity index (χ2v) is 4.88. The van der Waals surface area contributed by atoms with Crippen LogP contribution in [0.25, 0.3) is 10.9 Å². The summed E-state index contributed by atoms with van der Waals surface area (Å²) in [4.78, 5) is 4.72. The van der Waals surface area contributed by atoms with Crippen molar-refractivity contribution in [3.63, 3.8) is 0 Å². The number of hydrogen-bond acceptors (Lipinski definition) is 3. The first kappa shape index (κ1) is 14.6. The van der Waals surface area contributed by atoms with Crippen LogP contribution >= 0.6 is 0 Å². The van der Waals surface area contributed by atoms with Crippen LogP contribution in [0.1, 0.15) is 38.8 Å². The average molecular weight is 273 g/mol. The van der Waals surface area contributed by atoms with E-state index < -0.39 is 0 Å². The number of pyridine rings is 1. The molecule has 3 heteroatoms. The Hall–Kier alpha value is -1.77. The molecule has 0 saturated heterocycles. The Balaban J connectivity index is 2.34. The van der Waals surface area contributed by atoms with Crippen molar-refractivity contribution in [3.05, 3.63) is 30.0 Å². The molecule has 0 fully saturated rings. The fourth-order valence-electron chi connectivity index (χ4n) is 2.34. The molecule has 2 rings (SSSR count). The Labute approximate surface area is 120 Å². The number of benzene rings is 1. The van der Waals surface area contributed by atoms with E-state index in [9.17, 15) is 0 Å². The first-order valence-corrected chi connectivity index (χ1v) is 7.39. The van der Waals surface area contributed by atoms with E-state index >= 15 is 0 Å². The maximum Gasteiger partial charge on any atom is 0.130 e. The third kappa shape index (κ3) is 3.41. The fraction of sp³-hybridized carbons (Fsp3) is 0.471. The summed E-state index contributed by atoms with van der Waals surface area (Å²) in [6.07, 6.45) is 4.65. The minimum atomic E-state index is 0.663. The number of rotatable bonds is 7. The van der Waals surface area contributed by atoms with Gasteiger partial charge in [0.15, 0.2) is 0 Å². The molecule has 0 aliphatic rings. The molecule has 0 aliphatic carbocycles. The van der Waals surface area contributed by atoms with E-state index in [0.717, 1.165) is 34.5 Å². The summed E-state index contributed by atoms with van der Waals surface area (Å²) in [6.45, 7) is 4.86. The van der Waals surface area contributed by atoms with Crippen molar-refractivity contribution in [2.75, 3.05) is 13.7 Å². The van der Waals surface area contributed by atoms with E-state index in [4.69, 9.17) is 14.5 Å². The van der Waals surface area contributed by atoms with Crippen LogP contribution in [-0.4, -0.2) is 18.7 Å². The van der Waals surface area contributed by atoms with Gasteiger partial charge in [0.05, 0.1) is 19.2 Å². The molecule has 0 amide bonds. The van der Waals surface area contributed by atoms with Crippen molar-refractivity contribution in [1.82, 2.24) is 4.98 Å². The highest BCUT2D eigenvalue weighted by Gasteiger charge is 2.08. The van der Waals surface area contributed by atoms with Crippen LogP contribution in [0.5, 0.6) is 11.5 Å². The lowest BCUT2D eigenvalue weighted by molar-refractivity contribution is 0.340. The van der Waals surface area contributed by atoms with E-state index in [0.29, 0.717) is 6.61 Å². The first-order valence-electron chi connectivity index (χ1n) is 7.39. The predicted molar refractivity (Wildman–Crippen MR) is 82.7 cm³/mol. The zero-order valence-electron chi connectivity index (χ0n) is 12.6. The van der Waals surface area contributed by atoms with Gasteiger partial charge >= 0.3 is 0 Å². The third-order valence-electron chi connectivity index (χ3n) is 3.36. The highest BCUT2D eigenvalue weighted by molar-refractivity contribution is 5.86. The second-order valence-electron chi connectivity index (χ2n) is 4.88. The number of methoxy groups -OCH3 is 1. The molecule has 0 spiro atoms. The van der Waals surface area contributed by atoms with Crippen molar-refractivity contribution < 1.29 is 9.47 Å². The summed E-state index contributed by atoms with van der Waals surface area (Å²) in [7, 11) is 1.71. The van der Waals surface area contributed by atoms with E-state index in [2.05, 4.69) is 6.92 Å². The van der Waals surface area contributed by atoms with E-state index in [1.54, 1.807) is 7.11 Å². The summed E-state index contributed by atoms with van der Waals surface area (Å²) in [5, 5.41) is 1.01. The van der Waals surface area contributed by atoms with Crippen LogP contribution in [0.2, 0.25) is 0 Å². The lowest BCUT2D eigenvalue weighted by Gasteiger charge is -2.10. The number of aromatic nitrogens is 1. The van der Waals surface area contributed by atoms with Crippen molar-refractivity contribution in [3.8, 4) is 11.5 Å². The Morgan fingerprint density at radius 3 is 2.65 bits per heavy atom. The second kappa shape index (κ2) is 7.13. The lowest BCUT2D eigenvalue weighted by atomic mass is 10.1. The van der Waals surface area contributed by atoms with Gasteiger partial charge in [-0.2, -0.15) is 0 Å². The Morgan fingerprint density at radius 2 is 1.95 bits per heavy atom. The van der Waals surface area contributed by atoms with Crippen LogP contribution in [0, 0.1) is 0 Å². The Morgan fingerprint density at radius 1 is 1.10 bits per heavy atom. The molecule has 0 aliphatic heterocycles. The van der Waals surface area contributed by atoms with E-state index in [-0.39, 0.29) is 0 Å². The third-order valence-corrected chi connectivity index (χ3v) is 3.36.